The van der Waals surface area contributed by atoms with Crippen molar-refractivity contribution in [2.75, 3.05) is 0 Å². The van der Waals surface area contributed by atoms with Crippen LogP contribution in [0.25, 0.3) is 11.6 Å². The smallest absolute Gasteiger partial charge is 0.253 e. The lowest BCUT2D eigenvalue weighted by Crippen LogP contribution is -2.44. The standard InChI is InChI=1S/C15H16FN3O.ClH/c1-10(9-11-3-5-12(16)6-4-11)13-18-14(19-20-13)15(17)7-2-8-15;/h3-6,9H,2,7-8,17H2,1H3;1H/b10-9-;. The average molecular weight is 310 g/mol. The normalized spacial score (nSPS) is 17.0. The Hall–Kier alpha value is -1.72. The van der Waals surface area contributed by atoms with Gasteiger partial charge >= 0.3 is 0 Å². The van der Waals surface area contributed by atoms with Crippen LogP contribution < -0.4 is 5.73 Å². The number of benzene rings is 1. The molecule has 1 aliphatic rings. The van der Waals surface area contributed by atoms with Crippen molar-refractivity contribution in [1.82, 2.24) is 10.1 Å². The summed E-state index contributed by atoms with van der Waals surface area (Å²) >= 11 is 0. The monoisotopic (exact) mass is 309 g/mol. The third-order valence-corrected chi connectivity index (χ3v) is 3.71. The first-order valence-electron chi connectivity index (χ1n) is 6.64. The van der Waals surface area contributed by atoms with E-state index in [1.54, 1.807) is 12.1 Å². The zero-order valence-electron chi connectivity index (χ0n) is 11.7. The number of nitrogens with zero attached hydrogens (tertiary/aromatic N) is 2. The summed E-state index contributed by atoms with van der Waals surface area (Å²) in [5.74, 6) is 0.779. The van der Waals surface area contributed by atoms with E-state index >= 15 is 0 Å². The summed E-state index contributed by atoms with van der Waals surface area (Å²) in [5, 5.41) is 3.97. The van der Waals surface area contributed by atoms with Gasteiger partial charge in [0.2, 0.25) is 0 Å². The molecule has 3 rings (SSSR count). The number of nitrogens with two attached hydrogens (primary N) is 1. The molecule has 0 radical (unpaired) electrons. The predicted molar refractivity (Wildman–Crippen MR) is 81.2 cm³/mol. The van der Waals surface area contributed by atoms with Crippen LogP contribution in [0.4, 0.5) is 4.39 Å². The van der Waals surface area contributed by atoms with Gasteiger partial charge in [-0.05, 0) is 50.0 Å². The van der Waals surface area contributed by atoms with E-state index in [1.807, 2.05) is 13.0 Å². The average Bonchev–Trinajstić information content (AvgIpc) is 2.89. The van der Waals surface area contributed by atoms with E-state index in [4.69, 9.17) is 10.3 Å². The fourth-order valence-electron chi connectivity index (χ4n) is 2.24. The highest BCUT2D eigenvalue weighted by Gasteiger charge is 2.39. The van der Waals surface area contributed by atoms with Gasteiger partial charge in [0.05, 0.1) is 5.54 Å². The lowest BCUT2D eigenvalue weighted by atomic mass is 9.77. The summed E-state index contributed by atoms with van der Waals surface area (Å²) in [6.45, 7) is 1.88. The molecule has 1 aromatic carbocycles. The topological polar surface area (TPSA) is 64.9 Å². The molecule has 1 saturated carbocycles. The highest BCUT2D eigenvalue weighted by Crippen LogP contribution is 2.37. The predicted octanol–water partition coefficient (Wildman–Crippen LogP) is 3.53. The molecule has 0 aliphatic heterocycles. The van der Waals surface area contributed by atoms with Crippen LogP contribution >= 0.6 is 12.4 Å². The summed E-state index contributed by atoms with van der Waals surface area (Å²) < 4.78 is 18.1. The van der Waals surface area contributed by atoms with Gasteiger partial charge in [0.1, 0.15) is 5.82 Å². The molecule has 4 nitrogen and oxygen atoms in total. The van der Waals surface area contributed by atoms with Crippen molar-refractivity contribution in [3.05, 3.63) is 47.4 Å². The van der Waals surface area contributed by atoms with Crippen molar-refractivity contribution < 1.29 is 8.91 Å². The summed E-state index contributed by atoms with van der Waals surface area (Å²) in [7, 11) is 0. The molecule has 0 unspecified atom stereocenters. The van der Waals surface area contributed by atoms with E-state index in [1.165, 1.54) is 12.1 Å². The van der Waals surface area contributed by atoms with Crippen molar-refractivity contribution in [3.8, 4) is 0 Å². The second-order valence-electron chi connectivity index (χ2n) is 5.31. The maximum absolute atomic E-state index is 12.9. The molecule has 1 heterocycles. The van der Waals surface area contributed by atoms with E-state index in [0.717, 1.165) is 30.4 Å². The van der Waals surface area contributed by atoms with Gasteiger partial charge in [-0.25, -0.2) is 4.39 Å². The molecule has 1 aromatic heterocycles. The van der Waals surface area contributed by atoms with Crippen LogP contribution in [0, 0.1) is 5.82 Å². The second kappa shape index (κ2) is 5.95. The fraction of sp³-hybridized carbons (Fsp3) is 0.333. The van der Waals surface area contributed by atoms with Crippen molar-refractivity contribution in [2.45, 2.75) is 31.7 Å². The molecule has 0 amide bonds. The van der Waals surface area contributed by atoms with Gasteiger partial charge in [0.15, 0.2) is 5.82 Å². The molecular weight excluding hydrogens is 293 g/mol. The molecule has 0 bridgehead atoms. The molecule has 0 saturated heterocycles. The van der Waals surface area contributed by atoms with Gasteiger partial charge in [-0.1, -0.05) is 17.3 Å². The van der Waals surface area contributed by atoms with Gasteiger partial charge in [-0.15, -0.1) is 12.4 Å². The number of allylic oxidation sites excluding steroid dienone is 1. The van der Waals surface area contributed by atoms with E-state index in [-0.39, 0.29) is 18.2 Å². The number of halogens is 2. The Morgan fingerprint density at radius 1 is 1.33 bits per heavy atom. The fourth-order valence-corrected chi connectivity index (χ4v) is 2.24. The highest BCUT2D eigenvalue weighted by atomic mass is 35.5. The zero-order chi connectivity index (χ0) is 14.2. The largest absolute Gasteiger partial charge is 0.334 e. The minimum atomic E-state index is -0.419. The summed E-state index contributed by atoms with van der Waals surface area (Å²) in [4.78, 5) is 4.37. The molecule has 1 aliphatic carbocycles. The Bertz CT molecular complexity index is 647. The van der Waals surface area contributed by atoms with E-state index in [9.17, 15) is 4.39 Å². The highest BCUT2D eigenvalue weighted by molar-refractivity contribution is 5.85. The first kappa shape index (κ1) is 15.7. The molecule has 112 valence electrons. The van der Waals surface area contributed by atoms with Gasteiger partial charge in [-0.2, -0.15) is 4.98 Å². The Balaban J connectivity index is 0.00000161. The Labute approximate surface area is 128 Å². The van der Waals surface area contributed by atoms with Crippen molar-refractivity contribution in [1.29, 1.82) is 0 Å². The lowest BCUT2D eigenvalue weighted by molar-refractivity contribution is 0.229. The van der Waals surface area contributed by atoms with Crippen LogP contribution in [0.5, 0.6) is 0 Å². The van der Waals surface area contributed by atoms with E-state index < -0.39 is 5.54 Å². The maximum Gasteiger partial charge on any atom is 0.253 e. The Morgan fingerprint density at radius 2 is 2.00 bits per heavy atom. The summed E-state index contributed by atoms with van der Waals surface area (Å²) in [6.07, 6.45) is 4.77. The molecule has 0 atom stereocenters. The van der Waals surface area contributed by atoms with Crippen LogP contribution in [-0.4, -0.2) is 10.1 Å². The minimum Gasteiger partial charge on any atom is -0.334 e. The van der Waals surface area contributed by atoms with Crippen molar-refractivity contribution >= 4 is 24.1 Å². The van der Waals surface area contributed by atoms with Gasteiger partial charge in [0.25, 0.3) is 5.89 Å². The summed E-state index contributed by atoms with van der Waals surface area (Å²) in [6, 6.07) is 6.24. The first-order valence-corrected chi connectivity index (χ1v) is 6.64. The SMILES string of the molecule is C/C(=C/c1ccc(F)cc1)c1nc(C2(N)CCC2)no1.Cl. The van der Waals surface area contributed by atoms with Crippen LogP contribution in [0.15, 0.2) is 28.8 Å². The lowest BCUT2D eigenvalue weighted by Gasteiger charge is -2.34. The number of rotatable bonds is 3. The minimum absolute atomic E-state index is 0. The first-order chi connectivity index (χ1) is 9.57. The summed E-state index contributed by atoms with van der Waals surface area (Å²) in [5.41, 5.74) is 7.46. The molecule has 0 spiro atoms. The second-order valence-corrected chi connectivity index (χ2v) is 5.31. The third kappa shape index (κ3) is 3.14. The maximum atomic E-state index is 12.9. The number of aromatic nitrogens is 2. The van der Waals surface area contributed by atoms with Gasteiger partial charge < -0.3 is 10.3 Å². The van der Waals surface area contributed by atoms with Crippen LogP contribution in [0.1, 0.15) is 43.5 Å². The quantitative estimate of drug-likeness (QED) is 0.942. The van der Waals surface area contributed by atoms with Crippen LogP contribution in [0.2, 0.25) is 0 Å². The van der Waals surface area contributed by atoms with Crippen LogP contribution in [0.3, 0.4) is 0 Å². The van der Waals surface area contributed by atoms with Crippen molar-refractivity contribution in [2.24, 2.45) is 5.73 Å². The number of hydrogen-bond donors (Lipinski definition) is 1. The third-order valence-electron chi connectivity index (χ3n) is 3.71. The zero-order valence-corrected chi connectivity index (χ0v) is 12.5. The molecule has 1 fully saturated rings. The Morgan fingerprint density at radius 3 is 2.57 bits per heavy atom. The van der Waals surface area contributed by atoms with Crippen LogP contribution in [-0.2, 0) is 5.54 Å². The molecule has 6 heteroatoms. The van der Waals surface area contributed by atoms with E-state index in [0.29, 0.717) is 11.7 Å². The number of hydrogen-bond acceptors (Lipinski definition) is 4. The van der Waals surface area contributed by atoms with Gasteiger partial charge in [0, 0.05) is 5.57 Å². The molecular formula is C15H17ClFN3O. The van der Waals surface area contributed by atoms with Crippen molar-refractivity contribution in [3.63, 3.8) is 0 Å². The molecule has 2 aromatic rings. The Kier molecular flexibility index (Phi) is 4.44. The van der Waals surface area contributed by atoms with E-state index in [2.05, 4.69) is 10.1 Å². The van der Waals surface area contributed by atoms with Gasteiger partial charge in [-0.3, -0.25) is 0 Å². The molecule has 21 heavy (non-hydrogen) atoms. The molecule has 2 N–H and O–H groups in total.